The number of likely N-dealkylation sites (tertiary alicyclic amines) is 1. The molecule has 0 unspecified atom stereocenters. The van der Waals surface area contributed by atoms with Gasteiger partial charge in [0.1, 0.15) is 15.7 Å². The number of morpholine rings is 1. The molecule has 0 amide bonds. The molecular formula is C28H36F3N5O3S. The van der Waals surface area contributed by atoms with Gasteiger partial charge in [0.2, 0.25) is 0 Å². The summed E-state index contributed by atoms with van der Waals surface area (Å²) in [5.74, 6) is 1.13. The van der Waals surface area contributed by atoms with Gasteiger partial charge in [-0.05, 0) is 74.5 Å². The third kappa shape index (κ3) is 6.44. The van der Waals surface area contributed by atoms with Crippen molar-refractivity contribution < 1.29 is 26.3 Å². The standard InChI is InChI=1S/C28H36F3N5O3S/c1-19-15-26(35-11-13-39-14-12-35)33-36-25(16-22-5-4-6-23(20(22)2)28(29,30)31)24(32-27(19)36)17-34-9-7-21(8-10-34)18-40(3,37)38/h4-6,15,21H,7-14,16-18H2,1-3H3. The van der Waals surface area contributed by atoms with E-state index in [1.54, 1.807) is 6.07 Å². The quantitative estimate of drug-likeness (QED) is 0.418. The summed E-state index contributed by atoms with van der Waals surface area (Å²) in [5, 5.41) is 4.94. The number of hydrogen-bond acceptors (Lipinski definition) is 7. The lowest BCUT2D eigenvalue weighted by molar-refractivity contribution is -0.138. The third-order valence-corrected chi connectivity index (χ3v) is 9.07. The molecule has 0 bridgehead atoms. The highest BCUT2D eigenvalue weighted by molar-refractivity contribution is 7.90. The number of rotatable bonds is 7. The molecular weight excluding hydrogens is 543 g/mol. The van der Waals surface area contributed by atoms with Crippen LogP contribution in [0.2, 0.25) is 0 Å². The first-order valence-corrected chi connectivity index (χ1v) is 15.7. The highest BCUT2D eigenvalue weighted by Crippen LogP contribution is 2.34. The van der Waals surface area contributed by atoms with Crippen LogP contribution in [0.1, 0.15) is 46.5 Å². The van der Waals surface area contributed by atoms with Crippen molar-refractivity contribution in [2.75, 3.05) is 56.3 Å². The number of imidazole rings is 1. The molecule has 2 fully saturated rings. The van der Waals surface area contributed by atoms with Crippen LogP contribution in [0.25, 0.3) is 5.65 Å². The molecule has 8 nitrogen and oxygen atoms in total. The van der Waals surface area contributed by atoms with Gasteiger partial charge >= 0.3 is 6.18 Å². The molecule has 2 saturated heterocycles. The SMILES string of the molecule is Cc1c(Cc2c(CN3CCC(CS(C)(=O)=O)CC3)nc3c(C)cc(N4CCOCC4)nn23)cccc1C(F)(F)F. The van der Waals surface area contributed by atoms with E-state index in [1.165, 1.54) is 19.2 Å². The zero-order valence-electron chi connectivity index (χ0n) is 23.2. The van der Waals surface area contributed by atoms with Crippen molar-refractivity contribution in [3.8, 4) is 0 Å². The van der Waals surface area contributed by atoms with Crippen molar-refractivity contribution in [2.45, 2.75) is 45.8 Å². The molecule has 0 spiro atoms. The van der Waals surface area contributed by atoms with Crippen molar-refractivity contribution in [1.82, 2.24) is 19.5 Å². The lowest BCUT2D eigenvalue weighted by atomic mass is 9.97. The Balaban J connectivity index is 1.51. The molecule has 3 aromatic rings. The van der Waals surface area contributed by atoms with Crippen LogP contribution in [0.3, 0.4) is 0 Å². The molecule has 0 aliphatic carbocycles. The van der Waals surface area contributed by atoms with E-state index in [-0.39, 0.29) is 23.7 Å². The maximum absolute atomic E-state index is 13.7. The number of hydrogen-bond donors (Lipinski definition) is 0. The second-order valence-electron chi connectivity index (χ2n) is 11.1. The van der Waals surface area contributed by atoms with Gasteiger partial charge in [-0.3, -0.25) is 4.90 Å². The van der Waals surface area contributed by atoms with E-state index in [0.717, 1.165) is 54.8 Å². The first-order valence-electron chi connectivity index (χ1n) is 13.7. The number of ether oxygens (including phenoxy) is 1. The number of aromatic nitrogens is 3. The molecule has 12 heteroatoms. The maximum Gasteiger partial charge on any atom is 0.416 e. The van der Waals surface area contributed by atoms with Gasteiger partial charge in [-0.2, -0.15) is 13.2 Å². The number of benzene rings is 1. The van der Waals surface area contributed by atoms with Gasteiger partial charge in [0, 0.05) is 32.3 Å². The monoisotopic (exact) mass is 579 g/mol. The fourth-order valence-corrected chi connectivity index (χ4v) is 7.00. The van der Waals surface area contributed by atoms with E-state index < -0.39 is 21.6 Å². The molecule has 0 atom stereocenters. The van der Waals surface area contributed by atoms with Gasteiger partial charge in [0.15, 0.2) is 5.65 Å². The number of fused-ring (bicyclic) bond motifs is 1. The van der Waals surface area contributed by atoms with Crippen LogP contribution >= 0.6 is 0 Å². The summed E-state index contributed by atoms with van der Waals surface area (Å²) in [6.07, 6.45) is -1.34. The average molecular weight is 580 g/mol. The van der Waals surface area contributed by atoms with Crippen molar-refractivity contribution >= 4 is 21.3 Å². The Morgan fingerprint density at radius 1 is 1.07 bits per heavy atom. The van der Waals surface area contributed by atoms with Gasteiger partial charge in [-0.25, -0.2) is 17.9 Å². The summed E-state index contributed by atoms with van der Waals surface area (Å²) in [4.78, 5) is 9.37. The predicted octanol–water partition coefficient (Wildman–Crippen LogP) is 4.05. The number of halogens is 3. The van der Waals surface area contributed by atoms with Crippen molar-refractivity contribution in [3.05, 3.63) is 57.9 Å². The molecule has 2 aromatic heterocycles. The average Bonchev–Trinajstić information content (AvgIpc) is 3.22. The first-order chi connectivity index (χ1) is 18.9. The van der Waals surface area contributed by atoms with Crippen LogP contribution in [0.15, 0.2) is 24.3 Å². The summed E-state index contributed by atoms with van der Waals surface area (Å²) in [6.45, 7) is 8.14. The number of sulfone groups is 1. The van der Waals surface area contributed by atoms with Crippen LogP contribution in [0, 0.1) is 19.8 Å². The Morgan fingerprint density at radius 2 is 1.77 bits per heavy atom. The van der Waals surface area contributed by atoms with Crippen LogP contribution in [0.5, 0.6) is 0 Å². The van der Waals surface area contributed by atoms with E-state index in [2.05, 4.69) is 9.80 Å². The van der Waals surface area contributed by atoms with E-state index in [0.29, 0.717) is 44.1 Å². The molecule has 2 aliphatic rings. The van der Waals surface area contributed by atoms with E-state index in [1.807, 2.05) is 17.5 Å². The van der Waals surface area contributed by atoms with Crippen molar-refractivity contribution in [2.24, 2.45) is 5.92 Å². The Bertz CT molecular complexity index is 1470. The summed E-state index contributed by atoms with van der Waals surface area (Å²) >= 11 is 0. The Kier molecular flexibility index (Phi) is 8.13. The van der Waals surface area contributed by atoms with E-state index >= 15 is 0 Å². The number of anilines is 1. The highest BCUT2D eigenvalue weighted by atomic mass is 32.2. The first kappa shape index (κ1) is 28.8. The predicted molar refractivity (Wildman–Crippen MR) is 147 cm³/mol. The van der Waals surface area contributed by atoms with Crippen molar-refractivity contribution in [1.29, 1.82) is 0 Å². The van der Waals surface area contributed by atoms with Gasteiger partial charge in [0.25, 0.3) is 0 Å². The minimum atomic E-state index is -4.43. The lowest BCUT2D eigenvalue weighted by Gasteiger charge is -2.31. The summed E-state index contributed by atoms with van der Waals surface area (Å²) in [7, 11) is -3.03. The topological polar surface area (TPSA) is 80.0 Å². The summed E-state index contributed by atoms with van der Waals surface area (Å²) < 4.78 is 71.9. The largest absolute Gasteiger partial charge is 0.416 e. The molecule has 5 rings (SSSR count). The molecule has 40 heavy (non-hydrogen) atoms. The van der Waals surface area contributed by atoms with Crippen LogP contribution in [-0.4, -0.2) is 79.3 Å². The van der Waals surface area contributed by atoms with E-state index in [9.17, 15) is 21.6 Å². The van der Waals surface area contributed by atoms with E-state index in [4.69, 9.17) is 14.8 Å². The Labute approximate surface area is 233 Å². The second kappa shape index (κ2) is 11.3. The van der Waals surface area contributed by atoms with Crippen LogP contribution < -0.4 is 4.90 Å². The minimum absolute atomic E-state index is 0.138. The third-order valence-electron chi connectivity index (χ3n) is 7.99. The molecule has 1 aromatic carbocycles. The number of piperidine rings is 1. The lowest BCUT2D eigenvalue weighted by Crippen LogP contribution is -2.37. The maximum atomic E-state index is 13.7. The van der Waals surface area contributed by atoms with Gasteiger partial charge in [-0.1, -0.05) is 12.1 Å². The van der Waals surface area contributed by atoms with Gasteiger partial charge in [-0.15, -0.1) is 5.10 Å². The highest BCUT2D eigenvalue weighted by Gasteiger charge is 2.33. The smallest absolute Gasteiger partial charge is 0.378 e. The molecule has 0 saturated carbocycles. The fourth-order valence-electron chi connectivity index (χ4n) is 5.81. The summed E-state index contributed by atoms with van der Waals surface area (Å²) in [6, 6.07) is 6.32. The second-order valence-corrected chi connectivity index (χ2v) is 13.3. The number of aryl methyl sites for hydroxylation is 1. The van der Waals surface area contributed by atoms with Gasteiger partial charge < -0.3 is 9.64 Å². The van der Waals surface area contributed by atoms with Crippen molar-refractivity contribution in [3.63, 3.8) is 0 Å². The molecule has 2 aliphatic heterocycles. The number of alkyl halides is 3. The van der Waals surface area contributed by atoms with Crippen LogP contribution in [0.4, 0.5) is 19.0 Å². The molecule has 0 radical (unpaired) electrons. The Morgan fingerprint density at radius 3 is 2.42 bits per heavy atom. The summed E-state index contributed by atoms with van der Waals surface area (Å²) in [5.41, 5.74) is 3.35. The molecule has 0 N–H and O–H groups in total. The van der Waals surface area contributed by atoms with Crippen LogP contribution in [-0.2, 0) is 33.7 Å². The zero-order valence-corrected chi connectivity index (χ0v) is 24.0. The van der Waals surface area contributed by atoms with Gasteiger partial charge in [0.05, 0.1) is 35.9 Å². The molecule has 4 heterocycles. The normalized spacial score (nSPS) is 18.1. The minimum Gasteiger partial charge on any atom is -0.378 e. The molecule has 218 valence electrons. The number of nitrogens with zero attached hydrogens (tertiary/aromatic N) is 5. The zero-order chi connectivity index (χ0) is 28.7. The fraction of sp³-hybridized carbons (Fsp3) is 0.571. The Hall–Kier alpha value is -2.70.